The fourth-order valence-corrected chi connectivity index (χ4v) is 2.69. The SMILES string of the molecule is CCCC(c1ccc([N+](=O)[O-])cc1)S(N)(=O)=O. The molecule has 6 nitrogen and oxygen atoms in total. The van der Waals surface area contributed by atoms with Crippen LogP contribution in [0.15, 0.2) is 24.3 Å². The van der Waals surface area contributed by atoms with E-state index in [-0.39, 0.29) is 5.69 Å². The molecule has 0 saturated carbocycles. The van der Waals surface area contributed by atoms with Crippen LogP contribution in [0.25, 0.3) is 0 Å². The first-order valence-corrected chi connectivity index (χ1v) is 6.73. The van der Waals surface area contributed by atoms with Gasteiger partial charge in [0.05, 0.1) is 4.92 Å². The minimum absolute atomic E-state index is 0.0709. The van der Waals surface area contributed by atoms with Crippen molar-refractivity contribution in [3.63, 3.8) is 0 Å². The minimum atomic E-state index is -3.68. The average molecular weight is 258 g/mol. The number of hydrogen-bond acceptors (Lipinski definition) is 4. The van der Waals surface area contributed by atoms with Crippen LogP contribution in [0.3, 0.4) is 0 Å². The minimum Gasteiger partial charge on any atom is -0.258 e. The molecule has 1 aromatic rings. The second kappa shape index (κ2) is 5.24. The van der Waals surface area contributed by atoms with Crippen LogP contribution in [0.5, 0.6) is 0 Å². The maximum Gasteiger partial charge on any atom is 0.269 e. The highest BCUT2D eigenvalue weighted by atomic mass is 32.2. The van der Waals surface area contributed by atoms with Crippen LogP contribution < -0.4 is 5.14 Å². The summed E-state index contributed by atoms with van der Waals surface area (Å²) < 4.78 is 22.8. The van der Waals surface area contributed by atoms with Crippen molar-refractivity contribution in [1.82, 2.24) is 0 Å². The van der Waals surface area contributed by atoms with Crippen molar-refractivity contribution in [2.75, 3.05) is 0 Å². The van der Waals surface area contributed by atoms with Crippen molar-refractivity contribution in [1.29, 1.82) is 0 Å². The van der Waals surface area contributed by atoms with Crippen molar-refractivity contribution >= 4 is 15.7 Å². The Morgan fingerprint density at radius 1 is 1.35 bits per heavy atom. The van der Waals surface area contributed by atoms with Crippen LogP contribution in [0.1, 0.15) is 30.6 Å². The van der Waals surface area contributed by atoms with E-state index in [1.807, 2.05) is 6.92 Å². The second-order valence-electron chi connectivity index (χ2n) is 3.71. The molecule has 1 rings (SSSR count). The Bertz CT molecular complexity index is 496. The number of nitrogens with zero attached hydrogens (tertiary/aromatic N) is 1. The van der Waals surface area contributed by atoms with Crippen LogP contribution in [-0.2, 0) is 10.0 Å². The third-order valence-electron chi connectivity index (χ3n) is 2.42. The zero-order valence-electron chi connectivity index (χ0n) is 9.37. The number of rotatable bonds is 5. The molecule has 0 aliphatic rings. The normalized spacial score (nSPS) is 13.3. The van der Waals surface area contributed by atoms with Crippen LogP contribution in [0.2, 0.25) is 0 Å². The molecule has 0 bridgehead atoms. The third-order valence-corrected chi connectivity index (χ3v) is 3.72. The molecule has 7 heteroatoms. The highest BCUT2D eigenvalue weighted by molar-refractivity contribution is 7.89. The van der Waals surface area contributed by atoms with Gasteiger partial charge in [0.1, 0.15) is 5.25 Å². The van der Waals surface area contributed by atoms with Gasteiger partial charge < -0.3 is 0 Å². The number of nitro groups is 1. The molecule has 0 amide bonds. The van der Waals surface area contributed by atoms with E-state index in [1.165, 1.54) is 24.3 Å². The smallest absolute Gasteiger partial charge is 0.258 e. The van der Waals surface area contributed by atoms with E-state index in [4.69, 9.17) is 5.14 Å². The lowest BCUT2D eigenvalue weighted by molar-refractivity contribution is -0.384. The predicted molar refractivity (Wildman–Crippen MR) is 63.9 cm³/mol. The van der Waals surface area contributed by atoms with E-state index in [0.717, 1.165) is 0 Å². The van der Waals surface area contributed by atoms with Gasteiger partial charge in [-0.05, 0) is 12.0 Å². The number of hydrogen-bond donors (Lipinski definition) is 1. The average Bonchev–Trinajstić information content (AvgIpc) is 2.24. The molecule has 1 unspecified atom stereocenters. The van der Waals surface area contributed by atoms with Crippen molar-refractivity contribution in [2.24, 2.45) is 5.14 Å². The van der Waals surface area contributed by atoms with Gasteiger partial charge in [0.15, 0.2) is 0 Å². The molecule has 0 aromatic heterocycles. The highest BCUT2D eigenvalue weighted by Crippen LogP contribution is 2.26. The lowest BCUT2D eigenvalue weighted by atomic mass is 10.1. The van der Waals surface area contributed by atoms with Crippen LogP contribution in [0.4, 0.5) is 5.69 Å². The molecule has 0 heterocycles. The summed E-state index contributed by atoms with van der Waals surface area (Å²) in [6.45, 7) is 1.85. The van der Waals surface area contributed by atoms with Crippen LogP contribution >= 0.6 is 0 Å². The Labute approximate surface area is 99.6 Å². The molecule has 0 spiro atoms. The van der Waals surface area contributed by atoms with E-state index < -0.39 is 20.2 Å². The molecule has 0 fully saturated rings. The third kappa shape index (κ3) is 3.50. The summed E-state index contributed by atoms with van der Waals surface area (Å²) in [5.41, 5.74) is 0.415. The fourth-order valence-electron chi connectivity index (χ4n) is 1.59. The molecule has 1 aromatic carbocycles. The van der Waals surface area contributed by atoms with Gasteiger partial charge in [-0.2, -0.15) is 0 Å². The van der Waals surface area contributed by atoms with Gasteiger partial charge in [-0.1, -0.05) is 25.5 Å². The summed E-state index contributed by atoms with van der Waals surface area (Å²) in [5, 5.41) is 14.8. The summed E-state index contributed by atoms with van der Waals surface area (Å²) in [6.07, 6.45) is 1.06. The van der Waals surface area contributed by atoms with Gasteiger partial charge in [0.25, 0.3) is 5.69 Å². The quantitative estimate of drug-likeness (QED) is 0.641. The Balaban J connectivity index is 3.08. The first kappa shape index (κ1) is 13.6. The summed E-state index contributed by atoms with van der Waals surface area (Å²) in [7, 11) is -3.68. The lowest BCUT2D eigenvalue weighted by Crippen LogP contribution is -2.21. The molecule has 0 saturated heterocycles. The van der Waals surface area contributed by atoms with Crippen molar-refractivity contribution in [2.45, 2.75) is 25.0 Å². The van der Waals surface area contributed by atoms with E-state index >= 15 is 0 Å². The number of nitrogens with two attached hydrogens (primary N) is 1. The Kier molecular flexibility index (Phi) is 4.19. The monoisotopic (exact) mass is 258 g/mol. The van der Waals surface area contributed by atoms with Gasteiger partial charge >= 0.3 is 0 Å². The van der Waals surface area contributed by atoms with Gasteiger partial charge in [-0.15, -0.1) is 0 Å². The summed E-state index contributed by atoms with van der Waals surface area (Å²) >= 11 is 0. The van der Waals surface area contributed by atoms with Crippen LogP contribution in [-0.4, -0.2) is 13.3 Å². The maximum absolute atomic E-state index is 11.4. The molecule has 0 radical (unpaired) electrons. The molecule has 1 atom stereocenters. The number of sulfonamides is 1. The van der Waals surface area contributed by atoms with Crippen molar-refractivity contribution < 1.29 is 13.3 Å². The zero-order chi connectivity index (χ0) is 13.1. The molecule has 94 valence electrons. The Hall–Kier alpha value is -1.47. The molecule has 0 aliphatic heterocycles. The standard InChI is InChI=1S/C10H14N2O4S/c1-2-3-10(17(11,15)16)8-4-6-9(7-5-8)12(13)14/h4-7,10H,2-3H2,1H3,(H2,11,15,16). The number of benzene rings is 1. The first-order valence-electron chi connectivity index (χ1n) is 5.12. The highest BCUT2D eigenvalue weighted by Gasteiger charge is 2.23. The Morgan fingerprint density at radius 2 is 1.88 bits per heavy atom. The topological polar surface area (TPSA) is 103 Å². The lowest BCUT2D eigenvalue weighted by Gasteiger charge is -2.13. The van der Waals surface area contributed by atoms with E-state index in [9.17, 15) is 18.5 Å². The molecule has 2 N–H and O–H groups in total. The van der Waals surface area contributed by atoms with Crippen LogP contribution in [0, 0.1) is 10.1 Å². The predicted octanol–water partition coefficient (Wildman–Crippen LogP) is 1.72. The van der Waals surface area contributed by atoms with Crippen molar-refractivity contribution in [3.05, 3.63) is 39.9 Å². The second-order valence-corrected chi connectivity index (χ2v) is 5.46. The zero-order valence-corrected chi connectivity index (χ0v) is 10.2. The van der Waals surface area contributed by atoms with Gasteiger partial charge in [-0.3, -0.25) is 10.1 Å². The van der Waals surface area contributed by atoms with Gasteiger partial charge in [0.2, 0.25) is 10.0 Å². The van der Waals surface area contributed by atoms with E-state index in [2.05, 4.69) is 0 Å². The molecular weight excluding hydrogens is 244 g/mol. The largest absolute Gasteiger partial charge is 0.269 e. The first-order chi connectivity index (χ1) is 7.86. The summed E-state index contributed by atoms with van der Waals surface area (Å²) in [4.78, 5) is 9.94. The van der Waals surface area contributed by atoms with Gasteiger partial charge in [0, 0.05) is 12.1 Å². The number of primary sulfonamides is 1. The number of non-ortho nitro benzene ring substituents is 1. The number of nitro benzene ring substituents is 1. The van der Waals surface area contributed by atoms with Crippen molar-refractivity contribution in [3.8, 4) is 0 Å². The fraction of sp³-hybridized carbons (Fsp3) is 0.400. The van der Waals surface area contributed by atoms with Gasteiger partial charge in [-0.25, -0.2) is 13.6 Å². The summed E-state index contributed by atoms with van der Waals surface area (Å²) in [5.74, 6) is 0. The van der Waals surface area contributed by atoms with E-state index in [1.54, 1.807) is 0 Å². The molecular formula is C10H14N2O4S. The molecule has 0 aliphatic carbocycles. The Morgan fingerprint density at radius 3 is 2.24 bits per heavy atom. The van der Waals surface area contributed by atoms with E-state index in [0.29, 0.717) is 18.4 Å². The summed E-state index contributed by atoms with van der Waals surface area (Å²) in [6, 6.07) is 5.43. The molecule has 17 heavy (non-hydrogen) atoms. The maximum atomic E-state index is 11.4.